The molecular formula is C17H22BrNO. The van der Waals surface area contributed by atoms with Crippen LogP contribution in [0.1, 0.15) is 32.4 Å². The highest BCUT2D eigenvalue weighted by Gasteiger charge is 2.26. The van der Waals surface area contributed by atoms with E-state index in [9.17, 15) is 0 Å². The Hall–Kier alpha value is -1.09. The molecule has 0 atom stereocenters. The highest BCUT2D eigenvalue weighted by Crippen LogP contribution is 2.31. The zero-order valence-corrected chi connectivity index (χ0v) is 14.0. The van der Waals surface area contributed by atoms with Gasteiger partial charge < -0.3 is 4.74 Å². The molecule has 0 amide bonds. The number of hydrogen-bond donors (Lipinski definition) is 0. The van der Waals surface area contributed by atoms with Crippen LogP contribution in [0.3, 0.4) is 0 Å². The zero-order valence-electron chi connectivity index (χ0n) is 12.4. The highest BCUT2D eigenvalue weighted by molar-refractivity contribution is 9.09. The number of hydrogen-bond acceptors (Lipinski definition) is 2. The first-order valence-corrected chi connectivity index (χ1v) is 8.31. The van der Waals surface area contributed by atoms with Gasteiger partial charge in [0.1, 0.15) is 11.3 Å². The molecular weight excluding hydrogens is 314 g/mol. The van der Waals surface area contributed by atoms with Gasteiger partial charge in [0.2, 0.25) is 0 Å². The van der Waals surface area contributed by atoms with Crippen molar-refractivity contribution in [1.29, 1.82) is 0 Å². The van der Waals surface area contributed by atoms with Gasteiger partial charge >= 0.3 is 0 Å². The lowest BCUT2D eigenvalue weighted by atomic mass is 9.86. The van der Waals surface area contributed by atoms with Crippen molar-refractivity contribution < 1.29 is 4.74 Å². The predicted molar refractivity (Wildman–Crippen MR) is 88.8 cm³/mol. The van der Waals surface area contributed by atoms with Crippen LogP contribution in [0, 0.1) is 12.3 Å². The number of halogens is 1. The molecule has 0 aliphatic heterocycles. The average Bonchev–Trinajstić information content (AvgIpc) is 2.49. The number of para-hydroxylation sites is 1. The summed E-state index contributed by atoms with van der Waals surface area (Å²) in [6, 6.07) is 10.3. The SMILES string of the molecule is CCC(CC)(CBr)COc1cccc2ccc(C)nc12. The number of alkyl halides is 1. The quantitative estimate of drug-likeness (QED) is 0.683. The van der Waals surface area contributed by atoms with Crippen molar-refractivity contribution in [3.63, 3.8) is 0 Å². The fourth-order valence-corrected chi connectivity index (χ4v) is 3.20. The molecule has 0 spiro atoms. The molecule has 0 fully saturated rings. The van der Waals surface area contributed by atoms with Crippen LogP contribution in [-0.4, -0.2) is 16.9 Å². The molecule has 3 heteroatoms. The van der Waals surface area contributed by atoms with Crippen LogP contribution in [0.4, 0.5) is 0 Å². The normalized spacial score (nSPS) is 11.8. The first-order valence-electron chi connectivity index (χ1n) is 7.19. The Balaban J connectivity index is 2.28. The Morgan fingerprint density at radius 3 is 2.55 bits per heavy atom. The molecule has 108 valence electrons. The maximum atomic E-state index is 6.12. The summed E-state index contributed by atoms with van der Waals surface area (Å²) < 4.78 is 6.12. The van der Waals surface area contributed by atoms with E-state index in [-0.39, 0.29) is 5.41 Å². The maximum absolute atomic E-state index is 6.12. The topological polar surface area (TPSA) is 22.1 Å². The number of aromatic nitrogens is 1. The van der Waals surface area contributed by atoms with Crippen molar-refractivity contribution >= 4 is 26.8 Å². The summed E-state index contributed by atoms with van der Waals surface area (Å²) >= 11 is 3.63. The Bertz CT molecular complexity index is 570. The standard InChI is InChI=1S/C17H22BrNO/c1-4-17(5-2,11-18)12-20-15-8-6-7-14-10-9-13(3)19-16(14)15/h6-10H,4-5,11-12H2,1-3H3. The fourth-order valence-electron chi connectivity index (χ4n) is 2.25. The van der Waals surface area contributed by atoms with Crippen molar-refractivity contribution in [2.45, 2.75) is 33.6 Å². The van der Waals surface area contributed by atoms with Gasteiger partial charge in [-0.1, -0.05) is 48.0 Å². The van der Waals surface area contributed by atoms with Crippen LogP contribution in [0.25, 0.3) is 10.9 Å². The summed E-state index contributed by atoms with van der Waals surface area (Å²) in [4.78, 5) is 4.62. The molecule has 20 heavy (non-hydrogen) atoms. The first kappa shape index (κ1) is 15.3. The summed E-state index contributed by atoms with van der Waals surface area (Å²) in [6.07, 6.45) is 2.21. The number of aryl methyl sites for hydroxylation is 1. The average molecular weight is 336 g/mol. The van der Waals surface area contributed by atoms with Crippen LogP contribution in [0.15, 0.2) is 30.3 Å². The number of rotatable bonds is 6. The van der Waals surface area contributed by atoms with Crippen molar-refractivity contribution in [2.24, 2.45) is 5.41 Å². The molecule has 0 saturated carbocycles. The molecule has 0 unspecified atom stereocenters. The van der Waals surface area contributed by atoms with Gasteiger partial charge in [-0.3, -0.25) is 0 Å². The minimum Gasteiger partial charge on any atom is -0.491 e. The van der Waals surface area contributed by atoms with E-state index < -0.39 is 0 Å². The second-order valence-electron chi connectivity index (χ2n) is 5.41. The molecule has 2 rings (SSSR count). The van der Waals surface area contributed by atoms with E-state index >= 15 is 0 Å². The summed E-state index contributed by atoms with van der Waals surface area (Å²) in [5, 5.41) is 2.09. The lowest BCUT2D eigenvalue weighted by Crippen LogP contribution is -2.29. The second-order valence-corrected chi connectivity index (χ2v) is 5.97. The number of fused-ring (bicyclic) bond motifs is 1. The molecule has 0 bridgehead atoms. The Kier molecular flexibility index (Phi) is 5.03. The zero-order chi connectivity index (χ0) is 14.6. The van der Waals surface area contributed by atoms with Gasteiger partial charge in [0.25, 0.3) is 0 Å². The molecule has 0 aliphatic carbocycles. The Morgan fingerprint density at radius 2 is 1.90 bits per heavy atom. The van der Waals surface area contributed by atoms with Crippen molar-refractivity contribution in [1.82, 2.24) is 4.98 Å². The van der Waals surface area contributed by atoms with E-state index in [1.165, 1.54) is 0 Å². The van der Waals surface area contributed by atoms with Crippen molar-refractivity contribution in [3.8, 4) is 5.75 Å². The minimum absolute atomic E-state index is 0.200. The summed E-state index contributed by atoms with van der Waals surface area (Å²) in [7, 11) is 0. The van der Waals surface area contributed by atoms with Crippen LogP contribution >= 0.6 is 15.9 Å². The van der Waals surface area contributed by atoms with Gasteiger partial charge in [-0.2, -0.15) is 0 Å². The molecule has 0 aliphatic rings. The molecule has 1 heterocycles. The smallest absolute Gasteiger partial charge is 0.145 e. The fraction of sp³-hybridized carbons (Fsp3) is 0.471. The Labute approximate surface area is 129 Å². The summed E-state index contributed by atoms with van der Waals surface area (Å²) in [5.41, 5.74) is 2.18. The molecule has 1 aromatic heterocycles. The van der Waals surface area contributed by atoms with E-state index in [1.807, 2.05) is 25.1 Å². The van der Waals surface area contributed by atoms with Gasteiger partial charge in [0.05, 0.1) is 6.61 Å². The van der Waals surface area contributed by atoms with Gasteiger partial charge in [-0.25, -0.2) is 4.98 Å². The number of benzene rings is 1. The van der Waals surface area contributed by atoms with Crippen LogP contribution in [0.5, 0.6) is 5.75 Å². The van der Waals surface area contributed by atoms with Gasteiger partial charge in [0.15, 0.2) is 0 Å². The van der Waals surface area contributed by atoms with Crippen molar-refractivity contribution in [2.75, 3.05) is 11.9 Å². The van der Waals surface area contributed by atoms with Crippen LogP contribution < -0.4 is 4.74 Å². The van der Waals surface area contributed by atoms with E-state index in [0.717, 1.165) is 47.1 Å². The third kappa shape index (κ3) is 3.14. The second kappa shape index (κ2) is 6.57. The Morgan fingerprint density at radius 1 is 1.15 bits per heavy atom. The highest BCUT2D eigenvalue weighted by atomic mass is 79.9. The van der Waals surface area contributed by atoms with E-state index in [0.29, 0.717) is 0 Å². The molecule has 0 saturated heterocycles. The molecule has 2 nitrogen and oxygen atoms in total. The molecule has 0 radical (unpaired) electrons. The summed E-state index contributed by atoms with van der Waals surface area (Å²) in [6.45, 7) is 7.18. The molecule has 2 aromatic rings. The van der Waals surface area contributed by atoms with Crippen molar-refractivity contribution in [3.05, 3.63) is 36.0 Å². The van der Waals surface area contributed by atoms with Gasteiger partial charge in [0, 0.05) is 21.8 Å². The maximum Gasteiger partial charge on any atom is 0.145 e. The third-order valence-electron chi connectivity index (χ3n) is 4.14. The summed E-state index contributed by atoms with van der Waals surface area (Å²) in [5.74, 6) is 0.887. The number of pyridine rings is 1. The van der Waals surface area contributed by atoms with E-state index in [2.05, 4.69) is 46.9 Å². The van der Waals surface area contributed by atoms with Gasteiger partial charge in [-0.15, -0.1) is 0 Å². The predicted octanol–water partition coefficient (Wildman–Crippen LogP) is 5.12. The van der Waals surface area contributed by atoms with E-state index in [4.69, 9.17) is 4.74 Å². The number of ether oxygens (including phenoxy) is 1. The van der Waals surface area contributed by atoms with Crippen LogP contribution in [0.2, 0.25) is 0 Å². The lowest BCUT2D eigenvalue weighted by molar-refractivity contribution is 0.159. The van der Waals surface area contributed by atoms with Gasteiger partial charge in [-0.05, 0) is 31.9 Å². The van der Waals surface area contributed by atoms with Crippen LogP contribution in [-0.2, 0) is 0 Å². The van der Waals surface area contributed by atoms with E-state index in [1.54, 1.807) is 0 Å². The number of nitrogens with zero attached hydrogens (tertiary/aromatic N) is 1. The molecule has 0 N–H and O–H groups in total. The lowest BCUT2D eigenvalue weighted by Gasteiger charge is -2.29. The monoisotopic (exact) mass is 335 g/mol. The third-order valence-corrected chi connectivity index (χ3v) is 5.33. The largest absolute Gasteiger partial charge is 0.491 e. The first-order chi connectivity index (χ1) is 9.64. The minimum atomic E-state index is 0.200. The molecule has 1 aromatic carbocycles.